The van der Waals surface area contributed by atoms with Gasteiger partial charge in [-0.3, -0.25) is 19.4 Å². The van der Waals surface area contributed by atoms with Gasteiger partial charge in [0, 0.05) is 41.4 Å². The number of H-pyrrole nitrogens is 1. The maximum atomic E-state index is 14.0. The second-order valence-corrected chi connectivity index (χ2v) is 14.4. The number of hydrogen-bond donors (Lipinski definition) is 5. The number of carbonyl (C=O) groups is 3. The van der Waals surface area contributed by atoms with E-state index >= 15 is 0 Å². The summed E-state index contributed by atoms with van der Waals surface area (Å²) in [6.45, 7) is 3.90. The van der Waals surface area contributed by atoms with Gasteiger partial charge in [0.05, 0.1) is 24.9 Å². The Balaban J connectivity index is 1.02. The van der Waals surface area contributed by atoms with Crippen LogP contribution in [-0.2, 0) is 20.7 Å². The van der Waals surface area contributed by atoms with Crippen LogP contribution in [0.25, 0.3) is 22.5 Å². The van der Waals surface area contributed by atoms with Gasteiger partial charge in [0.1, 0.15) is 5.69 Å². The minimum absolute atomic E-state index is 0.0880. The summed E-state index contributed by atoms with van der Waals surface area (Å²) in [6.07, 6.45) is 6.70. The fourth-order valence-corrected chi connectivity index (χ4v) is 7.76. The van der Waals surface area contributed by atoms with E-state index in [2.05, 4.69) is 36.2 Å². The Labute approximate surface area is 302 Å². The molecule has 4 heterocycles. The van der Waals surface area contributed by atoms with Gasteiger partial charge >= 0.3 is 0 Å². The summed E-state index contributed by atoms with van der Waals surface area (Å²) in [5.74, 6) is -0.361. The van der Waals surface area contributed by atoms with E-state index < -0.39 is 11.9 Å². The number of pyridine rings is 1. The number of hydrogen-bond acceptors (Lipinski definition) is 11. The standard InChI is InChI=1S/C38H46N10O4/c1-22-14-34(36(49)43-28-16-29-20-52-21-30(17-28)42-29)41-19-32(22)25-6-2-23(3-7-25)15-33(40)38(51)48(37(50)27-8-4-24(18-39)5-9-27)31-12-10-26(11-13-31)35-44-46-47-45-35/h2-3,6-7,10-14,19,24,27-30,33,42H,4-5,8-9,15-18,20-21,39-40H2,1H3,(H,43,49)(H,44,45,46,47)/t24?,27?,28?,29?,30?,33-/m0/s1. The lowest BCUT2D eigenvalue weighted by Gasteiger charge is -2.40. The summed E-state index contributed by atoms with van der Waals surface area (Å²) < 4.78 is 5.62. The number of amides is 3. The highest BCUT2D eigenvalue weighted by Gasteiger charge is 2.36. The maximum absolute atomic E-state index is 14.0. The summed E-state index contributed by atoms with van der Waals surface area (Å²) in [7, 11) is 0. The molecular formula is C38H46N10O4. The Morgan fingerprint density at radius 1 is 0.981 bits per heavy atom. The van der Waals surface area contributed by atoms with Crippen molar-refractivity contribution in [3.05, 3.63) is 77.6 Å². The molecule has 2 saturated heterocycles. The number of nitrogens with two attached hydrogens (primary N) is 2. The molecule has 0 spiro atoms. The van der Waals surface area contributed by atoms with Crippen molar-refractivity contribution in [3.63, 3.8) is 0 Å². The molecule has 2 aromatic carbocycles. The van der Waals surface area contributed by atoms with Crippen molar-refractivity contribution in [1.29, 1.82) is 0 Å². The Hall–Kier alpha value is -4.89. The van der Waals surface area contributed by atoms with Crippen LogP contribution in [-0.4, -0.2) is 87.3 Å². The number of ether oxygens (including phenoxy) is 1. The number of benzene rings is 2. The molecule has 2 aliphatic heterocycles. The number of carbonyl (C=O) groups excluding carboxylic acids is 3. The number of nitrogens with zero attached hydrogens (tertiary/aromatic N) is 5. The number of aromatic amines is 1. The molecule has 7 rings (SSSR count). The molecule has 7 N–H and O–H groups in total. The molecule has 3 fully saturated rings. The zero-order valence-corrected chi connectivity index (χ0v) is 29.3. The molecule has 14 nitrogen and oxygen atoms in total. The van der Waals surface area contributed by atoms with Crippen molar-refractivity contribution >= 4 is 23.4 Å². The van der Waals surface area contributed by atoms with Crippen molar-refractivity contribution in [2.45, 2.75) is 76.0 Å². The first-order chi connectivity index (χ1) is 25.2. The van der Waals surface area contributed by atoms with E-state index in [9.17, 15) is 14.4 Å². The number of morpholine rings is 1. The van der Waals surface area contributed by atoms with Crippen LogP contribution in [0, 0.1) is 18.8 Å². The topological polar surface area (TPSA) is 207 Å². The summed E-state index contributed by atoms with van der Waals surface area (Å²) in [4.78, 5) is 46.9. The zero-order valence-electron chi connectivity index (χ0n) is 29.3. The zero-order chi connectivity index (χ0) is 36.2. The summed E-state index contributed by atoms with van der Waals surface area (Å²) in [5, 5.41) is 20.8. The van der Waals surface area contributed by atoms with E-state index in [-0.39, 0.29) is 42.3 Å². The van der Waals surface area contributed by atoms with E-state index in [1.165, 1.54) is 4.90 Å². The molecule has 2 bridgehead atoms. The van der Waals surface area contributed by atoms with Gasteiger partial charge in [-0.05, 0) is 117 Å². The number of aryl methyl sites for hydroxylation is 1. The summed E-state index contributed by atoms with van der Waals surface area (Å²) in [5.41, 5.74) is 17.6. The second-order valence-electron chi connectivity index (χ2n) is 14.4. The fraction of sp³-hybridized carbons (Fsp3) is 0.447. The van der Waals surface area contributed by atoms with Gasteiger partial charge in [-0.2, -0.15) is 5.21 Å². The maximum Gasteiger partial charge on any atom is 0.270 e. The average Bonchev–Trinajstić information content (AvgIpc) is 3.71. The van der Waals surface area contributed by atoms with Crippen LogP contribution in [0.1, 0.15) is 60.1 Å². The predicted molar refractivity (Wildman–Crippen MR) is 195 cm³/mol. The minimum atomic E-state index is -0.958. The van der Waals surface area contributed by atoms with E-state index in [0.29, 0.717) is 61.3 Å². The van der Waals surface area contributed by atoms with Crippen LogP contribution in [0.5, 0.6) is 0 Å². The second kappa shape index (κ2) is 15.8. The van der Waals surface area contributed by atoms with Gasteiger partial charge in [0.2, 0.25) is 11.7 Å². The first kappa shape index (κ1) is 35.5. The third kappa shape index (κ3) is 7.94. The lowest BCUT2D eigenvalue weighted by atomic mass is 9.81. The molecule has 52 heavy (non-hydrogen) atoms. The molecule has 1 aliphatic carbocycles. The molecule has 4 aromatic rings. The Morgan fingerprint density at radius 2 is 1.67 bits per heavy atom. The summed E-state index contributed by atoms with van der Waals surface area (Å²) in [6, 6.07) is 16.2. The molecular weight excluding hydrogens is 660 g/mol. The highest BCUT2D eigenvalue weighted by molar-refractivity contribution is 6.17. The molecule has 2 aromatic heterocycles. The molecule has 0 radical (unpaired) electrons. The molecule has 2 unspecified atom stereocenters. The van der Waals surface area contributed by atoms with E-state index in [4.69, 9.17) is 16.2 Å². The van der Waals surface area contributed by atoms with Crippen molar-refractivity contribution in [1.82, 2.24) is 36.2 Å². The van der Waals surface area contributed by atoms with Crippen LogP contribution in [0.4, 0.5) is 5.69 Å². The fourth-order valence-electron chi connectivity index (χ4n) is 7.76. The first-order valence-corrected chi connectivity index (χ1v) is 18.1. The number of anilines is 1. The third-order valence-electron chi connectivity index (χ3n) is 10.7. The molecule has 3 aliphatic rings. The van der Waals surface area contributed by atoms with Gasteiger partial charge in [-0.1, -0.05) is 24.3 Å². The highest BCUT2D eigenvalue weighted by atomic mass is 16.5. The molecule has 3 atom stereocenters. The SMILES string of the molecule is Cc1cc(C(=O)NC2CC3COCC(C2)N3)ncc1-c1ccc(C[C@H](N)C(=O)N(C(=O)C2CCC(CN)CC2)c2ccc(-c3nn[nH]n3)cc2)cc1. The van der Waals surface area contributed by atoms with Crippen molar-refractivity contribution < 1.29 is 19.1 Å². The number of tetrazole rings is 1. The Kier molecular flexibility index (Phi) is 10.8. The highest BCUT2D eigenvalue weighted by Crippen LogP contribution is 2.32. The van der Waals surface area contributed by atoms with Gasteiger partial charge in [-0.25, -0.2) is 4.90 Å². The van der Waals surface area contributed by atoms with Gasteiger partial charge in [-0.15, -0.1) is 10.2 Å². The van der Waals surface area contributed by atoms with Crippen LogP contribution in [0.15, 0.2) is 60.8 Å². The smallest absolute Gasteiger partial charge is 0.270 e. The first-order valence-electron chi connectivity index (χ1n) is 18.1. The number of imide groups is 1. The van der Waals surface area contributed by atoms with Gasteiger partial charge in [0.25, 0.3) is 11.8 Å². The normalized spacial score (nSPS) is 23.4. The number of fused-ring (bicyclic) bond motifs is 2. The Morgan fingerprint density at radius 3 is 2.31 bits per heavy atom. The third-order valence-corrected chi connectivity index (χ3v) is 10.7. The van der Waals surface area contributed by atoms with Gasteiger partial charge < -0.3 is 26.8 Å². The number of piperidine rings is 1. The van der Waals surface area contributed by atoms with Crippen molar-refractivity contribution in [3.8, 4) is 22.5 Å². The van der Waals surface area contributed by atoms with Crippen LogP contribution in [0.3, 0.4) is 0 Å². The Bertz CT molecular complexity index is 1850. The van der Waals surface area contributed by atoms with Crippen LogP contribution < -0.4 is 27.0 Å². The van der Waals surface area contributed by atoms with E-state index in [0.717, 1.165) is 47.9 Å². The predicted octanol–water partition coefficient (Wildman–Crippen LogP) is 2.68. The molecule has 272 valence electrons. The minimum Gasteiger partial charge on any atom is -0.378 e. The summed E-state index contributed by atoms with van der Waals surface area (Å²) >= 11 is 0. The number of aromatic nitrogens is 5. The number of rotatable bonds is 10. The lowest BCUT2D eigenvalue weighted by Crippen LogP contribution is -2.58. The van der Waals surface area contributed by atoms with Gasteiger partial charge in [0.15, 0.2) is 0 Å². The largest absolute Gasteiger partial charge is 0.378 e. The molecule has 14 heteroatoms. The van der Waals surface area contributed by atoms with Crippen molar-refractivity contribution in [2.75, 3.05) is 24.7 Å². The molecule has 3 amide bonds. The molecule has 1 saturated carbocycles. The van der Waals surface area contributed by atoms with Crippen LogP contribution in [0.2, 0.25) is 0 Å². The van der Waals surface area contributed by atoms with E-state index in [1.54, 1.807) is 30.5 Å². The quantitative estimate of drug-likeness (QED) is 0.162. The average molecular weight is 707 g/mol. The lowest BCUT2D eigenvalue weighted by molar-refractivity contribution is -0.130. The monoisotopic (exact) mass is 706 g/mol. The van der Waals surface area contributed by atoms with Crippen molar-refractivity contribution in [2.24, 2.45) is 23.3 Å². The van der Waals surface area contributed by atoms with E-state index in [1.807, 2.05) is 37.3 Å². The van der Waals surface area contributed by atoms with Crippen LogP contribution >= 0.6 is 0 Å². The number of nitrogens with one attached hydrogen (secondary N) is 3.